The number of fused-ring (bicyclic) bond motifs is 5. The molecule has 4 atom stereocenters. The Hall–Kier alpha value is -2.65. The highest BCUT2D eigenvalue weighted by Gasteiger charge is 2.62. The number of benzene rings is 2. The zero-order chi connectivity index (χ0) is 18.7. The molecule has 0 radical (unpaired) electrons. The maximum Gasteiger partial charge on any atom is 0.238 e. The van der Waals surface area contributed by atoms with E-state index >= 15 is 0 Å². The molecule has 2 aromatic carbocycles. The van der Waals surface area contributed by atoms with Crippen molar-refractivity contribution in [1.29, 1.82) is 0 Å². The minimum absolute atomic E-state index is 0.000778. The quantitative estimate of drug-likeness (QED) is 0.562. The van der Waals surface area contributed by atoms with E-state index in [0.717, 1.165) is 5.56 Å². The molecule has 1 aliphatic heterocycles. The Morgan fingerprint density at radius 2 is 1.52 bits per heavy atom. The van der Waals surface area contributed by atoms with Gasteiger partial charge in [-0.2, -0.15) is 0 Å². The van der Waals surface area contributed by atoms with Crippen LogP contribution in [-0.4, -0.2) is 11.8 Å². The highest BCUT2D eigenvalue weighted by atomic mass is 35.5. The van der Waals surface area contributed by atoms with E-state index in [2.05, 4.69) is 31.2 Å². The summed E-state index contributed by atoms with van der Waals surface area (Å²) >= 11 is 6.07. The van der Waals surface area contributed by atoms with Gasteiger partial charge in [0.25, 0.3) is 0 Å². The smallest absolute Gasteiger partial charge is 0.238 e. The summed E-state index contributed by atoms with van der Waals surface area (Å²) in [5.41, 5.74) is 4.12. The van der Waals surface area contributed by atoms with Crippen LogP contribution in [0.25, 0.3) is 5.57 Å². The Morgan fingerprint density at radius 3 is 2.11 bits per heavy atom. The Bertz CT molecular complexity index is 990. The van der Waals surface area contributed by atoms with Gasteiger partial charge in [-0.15, -0.1) is 0 Å². The third-order valence-electron chi connectivity index (χ3n) is 6.12. The van der Waals surface area contributed by atoms with Crippen LogP contribution < -0.4 is 4.90 Å². The van der Waals surface area contributed by atoms with E-state index in [9.17, 15) is 9.59 Å². The van der Waals surface area contributed by atoms with E-state index in [1.807, 2.05) is 18.2 Å². The lowest BCUT2D eigenvalue weighted by Gasteiger charge is -2.20. The third-order valence-corrected chi connectivity index (χ3v) is 6.36. The largest absolute Gasteiger partial charge is 0.274 e. The van der Waals surface area contributed by atoms with Gasteiger partial charge in [0.1, 0.15) is 0 Å². The summed E-state index contributed by atoms with van der Waals surface area (Å²) in [5.74, 6) is -0.827. The number of carbonyl (C=O) groups is 2. The average molecular weight is 376 g/mol. The normalized spacial score (nSPS) is 30.2. The van der Waals surface area contributed by atoms with E-state index in [1.54, 1.807) is 24.3 Å². The molecule has 27 heavy (non-hydrogen) atoms. The molecule has 2 aromatic rings. The van der Waals surface area contributed by atoms with Gasteiger partial charge in [0.05, 0.1) is 17.5 Å². The molecule has 2 amide bonds. The number of hydrogen-bond acceptors (Lipinski definition) is 2. The van der Waals surface area contributed by atoms with Crippen LogP contribution in [-0.2, 0) is 9.59 Å². The lowest BCUT2D eigenvalue weighted by molar-refractivity contribution is -0.122. The van der Waals surface area contributed by atoms with Crippen LogP contribution >= 0.6 is 11.6 Å². The average Bonchev–Trinajstić information content (AvgIpc) is 3.31. The molecule has 2 bridgehead atoms. The molecular weight excluding hydrogens is 358 g/mol. The Morgan fingerprint density at radius 1 is 0.889 bits per heavy atom. The summed E-state index contributed by atoms with van der Waals surface area (Å²) in [7, 11) is 0. The molecule has 1 saturated carbocycles. The first-order valence-corrected chi connectivity index (χ1v) is 9.53. The van der Waals surface area contributed by atoms with Crippen molar-refractivity contribution in [3.63, 3.8) is 0 Å². The van der Waals surface area contributed by atoms with Crippen molar-refractivity contribution in [2.75, 3.05) is 4.90 Å². The van der Waals surface area contributed by atoms with E-state index in [4.69, 9.17) is 11.6 Å². The van der Waals surface area contributed by atoms with E-state index in [-0.39, 0.29) is 35.5 Å². The van der Waals surface area contributed by atoms with Gasteiger partial charge in [-0.05, 0) is 36.3 Å². The van der Waals surface area contributed by atoms with E-state index in [0.29, 0.717) is 10.7 Å². The number of carbonyl (C=O) groups excluding carboxylic acids is 2. The van der Waals surface area contributed by atoms with Gasteiger partial charge in [-0.3, -0.25) is 9.59 Å². The summed E-state index contributed by atoms with van der Waals surface area (Å²) in [6, 6.07) is 17.1. The van der Waals surface area contributed by atoms with Crippen LogP contribution in [0.4, 0.5) is 5.69 Å². The first-order valence-electron chi connectivity index (χ1n) is 9.15. The van der Waals surface area contributed by atoms with Crippen LogP contribution in [0.1, 0.15) is 12.5 Å². The molecule has 2 fully saturated rings. The van der Waals surface area contributed by atoms with Crippen LogP contribution in [0.15, 0.2) is 72.3 Å². The maximum atomic E-state index is 13.2. The minimum atomic E-state index is -0.305. The van der Waals surface area contributed by atoms with Gasteiger partial charge in [0.15, 0.2) is 0 Å². The lowest BCUT2D eigenvalue weighted by Crippen LogP contribution is -2.33. The van der Waals surface area contributed by atoms with Crippen molar-refractivity contribution in [3.8, 4) is 0 Å². The van der Waals surface area contributed by atoms with Gasteiger partial charge >= 0.3 is 0 Å². The Kier molecular flexibility index (Phi) is 3.63. The molecule has 4 heteroatoms. The topological polar surface area (TPSA) is 37.4 Å². The van der Waals surface area contributed by atoms with Gasteiger partial charge in [0, 0.05) is 16.9 Å². The molecule has 0 N–H and O–H groups in total. The number of hydrogen-bond donors (Lipinski definition) is 0. The van der Waals surface area contributed by atoms with Crippen LogP contribution in [0.3, 0.4) is 0 Å². The molecule has 1 saturated heterocycles. The monoisotopic (exact) mass is 375 g/mol. The van der Waals surface area contributed by atoms with Crippen molar-refractivity contribution in [3.05, 3.63) is 82.9 Å². The highest BCUT2D eigenvalue weighted by Crippen LogP contribution is 2.58. The molecule has 5 rings (SSSR count). The van der Waals surface area contributed by atoms with Crippen LogP contribution in [0, 0.1) is 23.7 Å². The Labute approximate surface area is 162 Å². The fourth-order valence-electron chi connectivity index (χ4n) is 4.99. The molecular formula is C23H18ClNO2. The zero-order valence-corrected chi connectivity index (χ0v) is 15.6. The van der Waals surface area contributed by atoms with Crippen molar-refractivity contribution in [2.24, 2.45) is 23.7 Å². The summed E-state index contributed by atoms with van der Waals surface area (Å²) in [6.07, 6.45) is 4.22. The molecule has 134 valence electrons. The first-order chi connectivity index (χ1) is 13.1. The van der Waals surface area contributed by atoms with Gasteiger partial charge in [-0.25, -0.2) is 4.90 Å². The van der Waals surface area contributed by atoms with Gasteiger partial charge in [0.2, 0.25) is 11.8 Å². The van der Waals surface area contributed by atoms with Crippen LogP contribution in [0.5, 0.6) is 0 Å². The third kappa shape index (κ3) is 2.28. The Balaban J connectivity index is 1.56. The fourth-order valence-corrected chi connectivity index (χ4v) is 5.17. The SMILES string of the molecule is CC(=C1[C@H]2C=C[C@H]1[C@H]1C(=O)N(c3cccc(Cl)c3)C(=O)[C@H]12)c1ccccc1. The number of nitrogens with zero attached hydrogens (tertiary/aromatic N) is 1. The van der Waals surface area contributed by atoms with E-state index < -0.39 is 0 Å². The number of anilines is 1. The van der Waals surface area contributed by atoms with Gasteiger partial charge in [-0.1, -0.05) is 65.7 Å². The zero-order valence-electron chi connectivity index (χ0n) is 14.8. The van der Waals surface area contributed by atoms with E-state index in [1.165, 1.54) is 16.0 Å². The summed E-state index contributed by atoms with van der Waals surface area (Å²) in [6.45, 7) is 2.10. The molecule has 3 aliphatic rings. The molecule has 0 spiro atoms. The number of rotatable bonds is 2. The molecule has 0 aromatic heterocycles. The fraction of sp³-hybridized carbons (Fsp3) is 0.217. The minimum Gasteiger partial charge on any atom is -0.274 e. The number of amides is 2. The lowest BCUT2D eigenvalue weighted by atomic mass is 9.85. The molecule has 1 heterocycles. The van der Waals surface area contributed by atoms with Crippen molar-refractivity contribution >= 4 is 34.7 Å². The molecule has 0 unspecified atom stereocenters. The summed E-state index contributed by atoms with van der Waals surface area (Å²) in [4.78, 5) is 27.8. The standard InChI is InChI=1S/C23H18ClNO2/c1-13(14-6-3-2-4-7-14)19-17-10-11-18(19)21-20(17)22(26)25(23(21)27)16-9-5-8-15(24)12-16/h2-12,17-18,20-21H,1H3/t17-,18-,20-,21+/m1/s1. The number of halogens is 1. The van der Waals surface area contributed by atoms with Crippen molar-refractivity contribution < 1.29 is 9.59 Å². The van der Waals surface area contributed by atoms with Gasteiger partial charge < -0.3 is 0 Å². The summed E-state index contributed by atoms with van der Waals surface area (Å²) < 4.78 is 0. The first kappa shape index (κ1) is 16.5. The second kappa shape index (κ2) is 5.93. The molecule has 3 nitrogen and oxygen atoms in total. The summed E-state index contributed by atoms with van der Waals surface area (Å²) in [5, 5.41) is 0.520. The predicted octanol–water partition coefficient (Wildman–Crippen LogP) is 4.74. The van der Waals surface area contributed by atoms with Crippen molar-refractivity contribution in [1.82, 2.24) is 0 Å². The second-order valence-corrected chi connectivity index (χ2v) is 7.86. The highest BCUT2D eigenvalue weighted by molar-refractivity contribution is 6.31. The molecule has 2 aliphatic carbocycles. The van der Waals surface area contributed by atoms with Crippen molar-refractivity contribution in [2.45, 2.75) is 6.92 Å². The number of imide groups is 1. The maximum absolute atomic E-state index is 13.2. The van der Waals surface area contributed by atoms with Crippen LogP contribution in [0.2, 0.25) is 5.02 Å². The second-order valence-electron chi connectivity index (χ2n) is 7.43. The predicted molar refractivity (Wildman–Crippen MR) is 106 cm³/mol. The number of allylic oxidation sites excluding steroid dienone is 4.